The zero-order valence-corrected chi connectivity index (χ0v) is 11.0. The molecular weight excluding hydrogens is 301 g/mol. The second-order valence-electron chi connectivity index (χ2n) is 4.63. The van der Waals surface area contributed by atoms with E-state index < -0.39 is 11.7 Å². The summed E-state index contributed by atoms with van der Waals surface area (Å²) in [7, 11) is 0. The quantitative estimate of drug-likeness (QED) is 0.770. The summed E-state index contributed by atoms with van der Waals surface area (Å²) in [6.07, 6.45) is -3.13. The number of allylic oxidation sites excluding steroid dienone is 2. The van der Waals surface area contributed by atoms with Crippen LogP contribution in [-0.4, -0.2) is 33.5 Å². The van der Waals surface area contributed by atoms with Crippen molar-refractivity contribution in [1.29, 1.82) is 5.41 Å². The fourth-order valence-electron chi connectivity index (χ4n) is 2.10. The van der Waals surface area contributed by atoms with Gasteiger partial charge in [-0.3, -0.25) is 5.41 Å². The van der Waals surface area contributed by atoms with Crippen LogP contribution in [0.3, 0.4) is 0 Å². The predicted molar refractivity (Wildman–Crippen MR) is 71.8 cm³/mol. The molecule has 2 aromatic rings. The van der Waals surface area contributed by atoms with Gasteiger partial charge in [-0.05, 0) is 10.3 Å². The fourth-order valence-corrected chi connectivity index (χ4v) is 2.10. The lowest BCUT2D eigenvalue weighted by molar-refractivity contribution is -0.0857. The van der Waals surface area contributed by atoms with Gasteiger partial charge in [0, 0.05) is 24.6 Å². The number of nitrogen functional groups attached to an aromatic ring is 1. The van der Waals surface area contributed by atoms with Crippen molar-refractivity contribution < 1.29 is 17.8 Å². The largest absolute Gasteiger partial charge is 0.417 e. The maximum absolute atomic E-state index is 12.9. The minimum atomic E-state index is -4.56. The van der Waals surface area contributed by atoms with E-state index in [-0.39, 0.29) is 41.2 Å². The summed E-state index contributed by atoms with van der Waals surface area (Å²) in [5.74, 6) is -0.261. The van der Waals surface area contributed by atoms with Crippen LogP contribution in [0.1, 0.15) is 11.3 Å². The van der Waals surface area contributed by atoms with Gasteiger partial charge in [0.15, 0.2) is 5.52 Å². The summed E-state index contributed by atoms with van der Waals surface area (Å²) in [4.78, 5) is 7.65. The smallest absolute Gasteiger partial charge is 0.396 e. The van der Waals surface area contributed by atoms with E-state index in [0.29, 0.717) is 11.8 Å². The average molecular weight is 310 g/mol. The summed E-state index contributed by atoms with van der Waals surface area (Å²) in [6, 6.07) is 0. The number of halogens is 3. The van der Waals surface area contributed by atoms with Crippen LogP contribution >= 0.6 is 0 Å². The molecule has 0 unspecified atom stereocenters. The second kappa shape index (κ2) is 4.90. The number of pyridine rings is 1. The van der Waals surface area contributed by atoms with Gasteiger partial charge in [0.05, 0.1) is 17.0 Å². The third kappa shape index (κ3) is 2.43. The molecule has 1 aliphatic rings. The molecule has 0 spiro atoms. The van der Waals surface area contributed by atoms with Crippen LogP contribution in [0.15, 0.2) is 21.3 Å². The third-order valence-corrected chi connectivity index (χ3v) is 3.19. The number of hydrogen-bond donors (Lipinski definition) is 2. The number of hydrogen-bond acceptors (Lipinski definition) is 6. The lowest BCUT2D eigenvalue weighted by Gasteiger charge is -2.09. The van der Waals surface area contributed by atoms with E-state index >= 15 is 0 Å². The third-order valence-electron chi connectivity index (χ3n) is 3.19. The first-order chi connectivity index (χ1) is 10.4. The van der Waals surface area contributed by atoms with Crippen LogP contribution in [0.5, 0.6) is 0 Å². The van der Waals surface area contributed by atoms with Crippen molar-refractivity contribution in [2.45, 2.75) is 19.0 Å². The number of anilines is 1. The molecule has 3 heterocycles. The highest BCUT2D eigenvalue weighted by Gasteiger charge is 2.33. The minimum Gasteiger partial charge on any atom is -0.396 e. The fraction of sp³-hybridized carbons (Fsp3) is 0.250. The molecule has 22 heavy (non-hydrogen) atoms. The molecule has 0 amide bonds. The molecule has 3 N–H and O–H groups in total. The molecule has 0 saturated heterocycles. The van der Waals surface area contributed by atoms with Crippen molar-refractivity contribution in [1.82, 2.24) is 15.3 Å². The molecule has 0 bridgehead atoms. The molecule has 0 atom stereocenters. The number of fused-ring (bicyclic) bond motifs is 2. The van der Waals surface area contributed by atoms with Crippen molar-refractivity contribution in [3.63, 3.8) is 0 Å². The summed E-state index contributed by atoms with van der Waals surface area (Å²) in [5, 5.41) is 14.8. The first-order valence-corrected chi connectivity index (χ1v) is 6.14. The molecule has 0 fully saturated rings. The highest BCUT2D eigenvalue weighted by Crippen LogP contribution is 2.28. The molecule has 0 aromatic carbocycles. The zero-order valence-electron chi connectivity index (χ0n) is 11.0. The monoisotopic (exact) mass is 310 g/mol. The normalized spacial score (nSPS) is 19.8. The van der Waals surface area contributed by atoms with Gasteiger partial charge in [-0.2, -0.15) is 13.2 Å². The second-order valence-corrected chi connectivity index (χ2v) is 4.63. The van der Waals surface area contributed by atoms with Gasteiger partial charge in [0.25, 0.3) is 0 Å². The molecule has 7 nitrogen and oxygen atoms in total. The Morgan fingerprint density at radius 1 is 1.27 bits per heavy atom. The molecular formula is C12H9F3N6O. The molecule has 2 aromatic heterocycles. The highest BCUT2D eigenvalue weighted by atomic mass is 19.4. The van der Waals surface area contributed by atoms with Gasteiger partial charge in [0.2, 0.25) is 5.65 Å². The molecule has 0 radical (unpaired) electrons. The topological polar surface area (TPSA) is 114 Å². The number of aromatic nitrogens is 3. The molecule has 1 aliphatic heterocycles. The maximum Gasteiger partial charge on any atom is 0.417 e. The summed E-state index contributed by atoms with van der Waals surface area (Å²) in [5.41, 5.74) is 6.22. The average Bonchev–Trinajstić information content (AvgIpc) is 2.90. The van der Waals surface area contributed by atoms with E-state index in [0.717, 1.165) is 6.08 Å². The van der Waals surface area contributed by atoms with Gasteiger partial charge in [-0.1, -0.05) is 6.08 Å². The number of alkyl halides is 3. The van der Waals surface area contributed by atoms with Crippen molar-refractivity contribution >= 4 is 28.9 Å². The van der Waals surface area contributed by atoms with E-state index in [1.165, 1.54) is 0 Å². The highest BCUT2D eigenvalue weighted by molar-refractivity contribution is 5.97. The maximum atomic E-state index is 12.9. The number of nitrogens with two attached hydrogens (primary N) is 1. The van der Waals surface area contributed by atoms with Crippen LogP contribution < -0.4 is 5.73 Å². The van der Waals surface area contributed by atoms with Gasteiger partial charge >= 0.3 is 6.18 Å². The van der Waals surface area contributed by atoms with Crippen LogP contribution in [0.2, 0.25) is 0 Å². The Labute approximate surface area is 121 Å². The summed E-state index contributed by atoms with van der Waals surface area (Å²) < 4.78 is 43.1. The Morgan fingerprint density at radius 2 is 2.05 bits per heavy atom. The Balaban J connectivity index is 2.18. The van der Waals surface area contributed by atoms with Crippen LogP contribution in [-0.2, 0) is 12.8 Å². The Bertz CT molecular complexity index is 820. The number of nitrogens with one attached hydrogen (secondary N) is 1. The van der Waals surface area contributed by atoms with E-state index in [1.807, 2.05) is 0 Å². The zero-order chi connectivity index (χ0) is 15.9. The standard InChI is InChI=1S/C12H9F3N6O/c13-12(14,15)5-1-2-7-6(3-8(16)18-4-5)9(17)10-11(19-7)21-22-20-10/h1,4,16H,2-3,17H2/b5-1+,16-8?,18-4-. The van der Waals surface area contributed by atoms with E-state index in [2.05, 4.69) is 24.9 Å². The van der Waals surface area contributed by atoms with E-state index in [1.54, 1.807) is 0 Å². The van der Waals surface area contributed by atoms with Crippen molar-refractivity contribution in [2.75, 3.05) is 5.73 Å². The van der Waals surface area contributed by atoms with Gasteiger partial charge in [0.1, 0.15) is 5.84 Å². The van der Waals surface area contributed by atoms with Crippen LogP contribution in [0.4, 0.5) is 18.9 Å². The minimum absolute atomic E-state index is 0.0492. The van der Waals surface area contributed by atoms with Crippen molar-refractivity contribution in [3.05, 3.63) is 22.9 Å². The van der Waals surface area contributed by atoms with E-state index in [4.69, 9.17) is 11.1 Å². The summed E-state index contributed by atoms with van der Waals surface area (Å²) >= 11 is 0. The summed E-state index contributed by atoms with van der Waals surface area (Å²) in [6.45, 7) is 0. The van der Waals surface area contributed by atoms with Crippen molar-refractivity contribution in [2.24, 2.45) is 4.99 Å². The van der Waals surface area contributed by atoms with E-state index in [9.17, 15) is 13.2 Å². The molecule has 0 aliphatic carbocycles. The first-order valence-electron chi connectivity index (χ1n) is 6.14. The lowest BCUT2D eigenvalue weighted by atomic mass is 10.0. The molecule has 0 saturated carbocycles. The molecule has 114 valence electrons. The Hall–Kier alpha value is -2.78. The molecule has 3 rings (SSSR count). The number of amidine groups is 1. The van der Waals surface area contributed by atoms with Gasteiger partial charge < -0.3 is 5.73 Å². The lowest BCUT2D eigenvalue weighted by Crippen LogP contribution is -2.13. The number of nitrogens with zero attached hydrogens (tertiary/aromatic N) is 4. The van der Waals surface area contributed by atoms with Gasteiger partial charge in [-0.15, -0.1) is 0 Å². The number of aliphatic imine (C=N–C) groups is 1. The predicted octanol–water partition coefficient (Wildman–Crippen LogP) is 1.84. The van der Waals surface area contributed by atoms with Crippen molar-refractivity contribution in [3.8, 4) is 0 Å². The van der Waals surface area contributed by atoms with Crippen LogP contribution in [0, 0.1) is 5.41 Å². The first kappa shape index (κ1) is 14.2. The molecule has 10 heteroatoms. The Morgan fingerprint density at radius 3 is 2.77 bits per heavy atom. The number of rotatable bonds is 0. The SMILES string of the molecule is N=C1Cc2c(nc3nonc3c2N)C/C=C(C(F)(F)F)\C=N/1. The van der Waals surface area contributed by atoms with Gasteiger partial charge in [-0.25, -0.2) is 14.6 Å². The van der Waals surface area contributed by atoms with Crippen LogP contribution in [0.25, 0.3) is 11.2 Å². The Kier molecular flexibility index (Phi) is 3.15.